The number of hydrogen-bond donors (Lipinski definition) is 4. The second-order valence-corrected chi connectivity index (χ2v) is 28.2. The number of rotatable bonds is 10. The lowest BCUT2D eigenvalue weighted by Gasteiger charge is -2.53. The molecule has 3 atom stereocenters. The van der Waals surface area contributed by atoms with Gasteiger partial charge in [0, 0.05) is 63.0 Å². The van der Waals surface area contributed by atoms with Gasteiger partial charge in [0.25, 0.3) is 25.7 Å². The molecule has 1 aromatic rings. The summed E-state index contributed by atoms with van der Waals surface area (Å²) in [7, 11) is 1.25. The number of carbonyl (C=O) groups is 3. The van der Waals surface area contributed by atoms with Gasteiger partial charge in [-0.3, -0.25) is 20.6 Å². The van der Waals surface area contributed by atoms with Crippen LogP contribution in [0.3, 0.4) is 0 Å². The van der Waals surface area contributed by atoms with Gasteiger partial charge in [0.1, 0.15) is 29.9 Å². The van der Waals surface area contributed by atoms with Crippen molar-refractivity contribution >= 4 is 46.1 Å². The van der Waals surface area contributed by atoms with E-state index in [0.29, 0.717) is 67.3 Å². The van der Waals surface area contributed by atoms with E-state index in [1.807, 2.05) is 48.5 Å². The average Bonchev–Trinajstić information content (AvgIpc) is 4.25. The fourth-order valence-electron chi connectivity index (χ4n) is 12.1. The van der Waals surface area contributed by atoms with Gasteiger partial charge in [-0.25, -0.2) is 40.7 Å². The normalized spacial score (nSPS) is 27.7. The van der Waals surface area contributed by atoms with Crippen LogP contribution >= 0.6 is 15.8 Å². The largest absolute Gasteiger partial charge is 0.446 e. The third-order valence-electron chi connectivity index (χ3n) is 17.5. The Morgan fingerprint density at radius 2 is 1.31 bits per heavy atom. The van der Waals surface area contributed by atoms with E-state index in [1.54, 1.807) is 25.8 Å². The van der Waals surface area contributed by atoms with Gasteiger partial charge in [-0.1, -0.05) is 61.3 Å². The number of halogens is 10. The molecular formula is C55H83F10N8O5P2+. The first-order chi connectivity index (χ1) is 37.4. The minimum Gasteiger partial charge on any atom is -0.446 e. The van der Waals surface area contributed by atoms with E-state index in [1.165, 1.54) is 9.35 Å². The van der Waals surface area contributed by atoms with Gasteiger partial charge in [0.15, 0.2) is 6.61 Å². The lowest BCUT2D eigenvalue weighted by atomic mass is 9.74. The van der Waals surface area contributed by atoms with Crippen LogP contribution < -0.4 is 21.3 Å². The molecular weight excluding hydrogens is 1100 g/mol. The molecule has 7 aliphatic carbocycles. The van der Waals surface area contributed by atoms with Crippen molar-refractivity contribution < 1.29 is 67.8 Å². The first-order valence-electron chi connectivity index (χ1n) is 28.6. The van der Waals surface area contributed by atoms with Crippen molar-refractivity contribution in [1.29, 1.82) is 0 Å². The summed E-state index contributed by atoms with van der Waals surface area (Å²) in [6.45, 7) is 12.6. The predicted octanol–water partition coefficient (Wildman–Crippen LogP) is 15.5. The van der Waals surface area contributed by atoms with Crippen molar-refractivity contribution in [2.24, 2.45) is 29.7 Å². The Kier molecular flexibility index (Phi) is 19.0. The molecule has 3 unspecified atom stereocenters. The van der Waals surface area contributed by atoms with Crippen LogP contribution in [0.25, 0.3) is 0 Å². The van der Waals surface area contributed by atoms with E-state index in [2.05, 4.69) is 37.4 Å². The fraction of sp³-hybridized carbons (Fsp3) is 0.800. The fourth-order valence-corrected chi connectivity index (χ4v) is 17.3. The lowest BCUT2D eigenvalue weighted by Crippen LogP contribution is -2.53. The number of aryl methyl sites for hydroxylation is 1. The molecule has 0 radical (unpaired) electrons. The Hall–Kier alpha value is -4.00. The molecule has 2 spiro atoms. The highest BCUT2D eigenvalue weighted by Crippen LogP contribution is 2.91. The molecule has 452 valence electrons. The highest BCUT2D eigenvalue weighted by atomic mass is 31.1. The number of carbonyl (C=O) groups excluding carboxylic acids is 3. The Morgan fingerprint density at radius 3 is 1.77 bits per heavy atom. The first-order valence-corrected chi connectivity index (χ1v) is 31.5. The number of nitrogens with zero attached hydrogens (tertiary/aromatic N) is 4. The molecule has 4 amide bonds. The minimum absolute atomic E-state index is 0.00288. The highest BCUT2D eigenvalue weighted by Gasteiger charge is 2.84. The van der Waals surface area contributed by atoms with Gasteiger partial charge in [-0.2, -0.15) is 27.3 Å². The van der Waals surface area contributed by atoms with E-state index in [-0.39, 0.29) is 49.2 Å². The molecule has 10 aliphatic rings. The number of fused-ring (bicyclic) bond motifs is 2. The summed E-state index contributed by atoms with van der Waals surface area (Å²) in [4.78, 5) is 36.3. The summed E-state index contributed by atoms with van der Waals surface area (Å²) in [5, 5.41) is 14.8. The maximum Gasteiger partial charge on any atom is 0.430 e. The Labute approximate surface area is 466 Å². The second kappa shape index (κ2) is 23.9. The summed E-state index contributed by atoms with van der Waals surface area (Å²) in [5.41, 5.74) is -4.48. The third kappa shape index (κ3) is 12.6. The molecule has 1 saturated heterocycles. The van der Waals surface area contributed by atoms with E-state index in [4.69, 9.17) is 4.74 Å². The van der Waals surface area contributed by atoms with Gasteiger partial charge < -0.3 is 19.5 Å². The Morgan fingerprint density at radius 1 is 0.750 bits per heavy atom. The van der Waals surface area contributed by atoms with Crippen LogP contribution in [-0.4, -0.2) is 112 Å². The highest BCUT2D eigenvalue weighted by molar-refractivity contribution is 7.60. The van der Waals surface area contributed by atoms with Crippen LogP contribution in [0.15, 0.2) is 22.8 Å². The molecule has 4 heterocycles. The van der Waals surface area contributed by atoms with Crippen LogP contribution in [-0.2, 0) is 21.9 Å². The third-order valence-corrected chi connectivity index (χ3v) is 22.7. The first kappa shape index (κ1) is 63.6. The molecule has 13 nitrogen and oxygen atoms in total. The number of alkyl halides is 10. The van der Waals surface area contributed by atoms with Crippen molar-refractivity contribution in [3.63, 3.8) is 0 Å². The monoisotopic (exact) mass is 1190 g/mol. The van der Waals surface area contributed by atoms with Crippen molar-refractivity contribution in [3.8, 4) is 0 Å². The number of nitrogens with one attached hydrogen (secondary N) is 4. The average molecular weight is 1190 g/mol. The molecule has 7 saturated carbocycles. The maximum absolute atomic E-state index is 15.1. The summed E-state index contributed by atoms with van der Waals surface area (Å²) in [6.07, 6.45) is 10.7. The van der Waals surface area contributed by atoms with E-state index in [9.17, 15) is 49.5 Å². The number of allylic oxidation sites excluding steroid dienone is 2. The van der Waals surface area contributed by atoms with Crippen molar-refractivity contribution in [2.75, 3.05) is 26.0 Å². The molecule has 80 heavy (non-hydrogen) atoms. The molecule has 0 bridgehead atoms. The summed E-state index contributed by atoms with van der Waals surface area (Å²) in [5.74, 6) is -3.84. The maximum atomic E-state index is 15.1. The zero-order valence-corrected chi connectivity index (χ0v) is 49.7. The van der Waals surface area contributed by atoms with Gasteiger partial charge in [0.2, 0.25) is 5.92 Å². The number of aromatic nitrogens is 2. The molecule has 3 aliphatic heterocycles. The van der Waals surface area contributed by atoms with E-state index < -0.39 is 98.4 Å². The number of amides is 4. The van der Waals surface area contributed by atoms with Crippen LogP contribution in [0.1, 0.15) is 188 Å². The lowest BCUT2D eigenvalue weighted by molar-refractivity contribution is -0.0898. The van der Waals surface area contributed by atoms with Crippen molar-refractivity contribution in [3.05, 3.63) is 34.0 Å². The molecule has 25 heteroatoms. The predicted molar refractivity (Wildman–Crippen MR) is 291 cm³/mol. The molecule has 8 fully saturated rings. The van der Waals surface area contributed by atoms with Gasteiger partial charge in [-0.05, 0) is 112 Å². The summed E-state index contributed by atoms with van der Waals surface area (Å²) < 4.78 is 151. The van der Waals surface area contributed by atoms with Crippen LogP contribution in [0, 0.1) is 22.7 Å². The van der Waals surface area contributed by atoms with Crippen molar-refractivity contribution in [2.45, 2.75) is 229 Å². The van der Waals surface area contributed by atoms with Crippen LogP contribution in [0.2, 0.25) is 0 Å². The smallest absolute Gasteiger partial charge is 0.430 e. The molecule has 0 aromatic carbocycles. The standard InChI is InChI=1S/C19H26F4N3OP.C17H23F2N2O2P.C15H21F4N3O2.2C2H6/c1-26-15(25-16(27)24-13-10-18(20,21)11-13)14(12-4-3-5-12)6-7-17(8-9-17)19(22,23)28(26)2;1-21-14(20-15(22)23-11-6-3-7-11)12(10-4-2-5-10)13-16(8-9-16)17(18,19)24(13)21;1-14(2,3)10-11(8-5-15(18,19)6-8)21-22(4)12(10)20-13(23)24-7-9(16)17;2*1-2/h12-13H,2-11H2,1H3,(H-,24,25,27);10-11,13H,2-9H2,1H3,(H,20,22);8-9H,5-7H2,1-4H3,(H,20,23);2*1-2H3/p+1/b15-14+;;;;. The Bertz CT molecular complexity index is 2500. The number of alkyl carbamates (subject to hydrolysis) is 1. The van der Waals surface area contributed by atoms with E-state index in [0.717, 1.165) is 68.9 Å². The summed E-state index contributed by atoms with van der Waals surface area (Å²) in [6, 6.07) is -1.19. The van der Waals surface area contributed by atoms with Gasteiger partial charge >= 0.3 is 23.9 Å². The van der Waals surface area contributed by atoms with E-state index >= 15 is 8.78 Å². The van der Waals surface area contributed by atoms with Crippen LogP contribution in [0.4, 0.5) is 64.1 Å². The zero-order valence-electron chi connectivity index (χ0n) is 47.9. The Balaban J connectivity index is 0.000000169. The van der Waals surface area contributed by atoms with Crippen LogP contribution in [0.5, 0.6) is 0 Å². The molecule has 4 N–H and O–H groups in total. The number of anilines is 1. The topological polar surface area (TPSA) is 142 Å². The molecule has 11 rings (SSSR count). The van der Waals surface area contributed by atoms with Crippen molar-refractivity contribution in [1.82, 2.24) is 35.1 Å². The molecule has 1 aromatic heterocycles. The SMILES string of the molecule is C=[P+]1N(C)/C(NC(=O)NC2CC(F)(F)C2)=C(/C2CCC2)CCC2(CC2)C1(F)F.CC.CC.CN1C(NC(=O)OC2CCC2)=C(C2CCC2)C2P1C(F)(F)C21CC1.Cn1nc(C2CC(F)(F)C2)c(C(C)(C)C)c1NC(=O)OCC(F)F. The van der Waals surface area contributed by atoms with Gasteiger partial charge in [-0.15, -0.1) is 0 Å². The minimum atomic E-state index is -2.89. The number of ether oxygens (including phenoxy) is 2. The van der Waals surface area contributed by atoms with Gasteiger partial charge in [0.05, 0.1) is 31.6 Å². The zero-order chi connectivity index (χ0) is 59.3. The number of hydrogen-bond acceptors (Lipinski definition) is 8. The summed E-state index contributed by atoms with van der Waals surface area (Å²) >= 11 is 0. The second-order valence-electron chi connectivity index (χ2n) is 23.8. The quantitative estimate of drug-likeness (QED) is 0.134. The number of urea groups is 1.